The Morgan fingerprint density at radius 1 is 1.10 bits per heavy atom. The fourth-order valence-corrected chi connectivity index (χ4v) is 2.11. The fraction of sp³-hybridized carbons (Fsp3) is 0.600. The van der Waals surface area contributed by atoms with Gasteiger partial charge in [0.2, 0.25) is 5.82 Å². The number of nitrogens with zero attached hydrogens (tertiary/aromatic N) is 1. The van der Waals surface area contributed by atoms with Crippen LogP contribution in [0, 0.1) is 21.7 Å². The maximum Gasteiger partial charge on any atom is 0.305 e. The van der Waals surface area contributed by atoms with Crippen LogP contribution < -0.4 is 5.32 Å². The molecule has 0 aromatic heterocycles. The summed E-state index contributed by atoms with van der Waals surface area (Å²) in [7, 11) is 0. The Morgan fingerprint density at radius 3 is 2.43 bits per heavy atom. The monoisotopic (exact) mass is 300 g/mol. The van der Waals surface area contributed by atoms with E-state index in [2.05, 4.69) is 12.2 Å². The Labute approximate surface area is 123 Å². The molecule has 6 heteroatoms. The first kappa shape index (κ1) is 17.5. The average Bonchev–Trinajstić information content (AvgIpc) is 2.43. The lowest BCUT2D eigenvalue weighted by Gasteiger charge is -2.06. The second-order valence-electron chi connectivity index (χ2n) is 5.10. The molecule has 4 nitrogen and oxygen atoms in total. The summed E-state index contributed by atoms with van der Waals surface area (Å²) in [6.45, 7) is 3.05. The van der Waals surface area contributed by atoms with Gasteiger partial charge in [0.15, 0.2) is 0 Å². The highest BCUT2D eigenvalue weighted by atomic mass is 19.1. The van der Waals surface area contributed by atoms with E-state index in [4.69, 9.17) is 0 Å². The summed E-state index contributed by atoms with van der Waals surface area (Å²) >= 11 is 0. The Kier molecular flexibility index (Phi) is 7.82. The number of hydrogen-bond donors (Lipinski definition) is 1. The molecule has 0 saturated carbocycles. The lowest BCUT2D eigenvalue weighted by molar-refractivity contribution is -0.387. The van der Waals surface area contributed by atoms with Gasteiger partial charge in [-0.3, -0.25) is 10.1 Å². The first-order valence-electron chi connectivity index (χ1n) is 7.39. The van der Waals surface area contributed by atoms with Crippen LogP contribution in [0.1, 0.15) is 51.0 Å². The molecule has 1 rings (SSSR count). The molecule has 0 amide bonds. The van der Waals surface area contributed by atoms with Crippen molar-refractivity contribution in [2.24, 2.45) is 0 Å². The molecular formula is C15H22F2N2O2. The van der Waals surface area contributed by atoms with Crippen molar-refractivity contribution in [3.63, 3.8) is 0 Å². The largest absolute Gasteiger partial charge is 0.313 e. The van der Waals surface area contributed by atoms with E-state index < -0.39 is 22.2 Å². The predicted octanol–water partition coefficient (Wildman–Crippen LogP) is 4.32. The van der Waals surface area contributed by atoms with Crippen molar-refractivity contribution in [2.75, 3.05) is 6.54 Å². The summed E-state index contributed by atoms with van der Waals surface area (Å²) in [6, 6.07) is 1.53. The lowest BCUT2D eigenvalue weighted by atomic mass is 10.1. The summed E-state index contributed by atoms with van der Waals surface area (Å²) in [5, 5.41) is 13.6. The van der Waals surface area contributed by atoms with Crippen LogP contribution in [0.4, 0.5) is 14.5 Å². The second kappa shape index (κ2) is 9.39. The van der Waals surface area contributed by atoms with Crippen LogP contribution >= 0.6 is 0 Å². The summed E-state index contributed by atoms with van der Waals surface area (Å²) in [6.07, 6.45) is 6.97. The molecule has 1 aromatic carbocycles. The normalized spacial score (nSPS) is 10.8. The molecule has 0 saturated heterocycles. The Hall–Kier alpha value is -1.56. The standard InChI is InChI=1S/C15H22F2N2O2/c1-2-3-4-5-6-7-8-18-11-12-9-15(19(20)21)14(17)10-13(12)16/h9-10,18H,2-8,11H2,1H3. The Balaban J connectivity index is 2.35. The van der Waals surface area contributed by atoms with Crippen molar-refractivity contribution in [1.82, 2.24) is 5.32 Å². The van der Waals surface area contributed by atoms with Crippen molar-refractivity contribution < 1.29 is 13.7 Å². The third kappa shape index (κ3) is 6.16. The minimum Gasteiger partial charge on any atom is -0.313 e. The van der Waals surface area contributed by atoms with E-state index in [1.165, 1.54) is 25.7 Å². The maximum atomic E-state index is 13.5. The molecule has 1 aromatic rings. The third-order valence-electron chi connectivity index (χ3n) is 3.34. The quantitative estimate of drug-likeness (QED) is 0.397. The maximum absolute atomic E-state index is 13.5. The van der Waals surface area contributed by atoms with Crippen LogP contribution in [0.3, 0.4) is 0 Å². The van der Waals surface area contributed by atoms with Gasteiger partial charge >= 0.3 is 5.69 Å². The van der Waals surface area contributed by atoms with Gasteiger partial charge in [-0.25, -0.2) is 4.39 Å². The molecule has 0 spiro atoms. The summed E-state index contributed by atoms with van der Waals surface area (Å²) < 4.78 is 26.7. The van der Waals surface area contributed by atoms with Crippen molar-refractivity contribution >= 4 is 5.69 Å². The van der Waals surface area contributed by atoms with Gasteiger partial charge in [-0.1, -0.05) is 39.0 Å². The molecule has 0 heterocycles. The summed E-state index contributed by atoms with van der Waals surface area (Å²) in [4.78, 5) is 9.77. The first-order chi connectivity index (χ1) is 10.1. The predicted molar refractivity (Wildman–Crippen MR) is 78.1 cm³/mol. The number of benzene rings is 1. The average molecular weight is 300 g/mol. The van der Waals surface area contributed by atoms with Crippen LogP contribution in [-0.2, 0) is 6.54 Å². The van der Waals surface area contributed by atoms with E-state index in [0.29, 0.717) is 6.07 Å². The smallest absolute Gasteiger partial charge is 0.305 e. The first-order valence-corrected chi connectivity index (χ1v) is 7.39. The number of unbranched alkanes of at least 4 members (excludes halogenated alkanes) is 5. The van der Waals surface area contributed by atoms with Gasteiger partial charge in [0.1, 0.15) is 5.82 Å². The highest BCUT2D eigenvalue weighted by Crippen LogP contribution is 2.21. The molecule has 0 aliphatic rings. The van der Waals surface area contributed by atoms with Gasteiger partial charge in [-0.05, 0) is 13.0 Å². The van der Waals surface area contributed by atoms with Gasteiger partial charge in [-0.2, -0.15) is 4.39 Å². The zero-order valence-electron chi connectivity index (χ0n) is 12.3. The Morgan fingerprint density at radius 2 is 1.76 bits per heavy atom. The second-order valence-corrected chi connectivity index (χ2v) is 5.10. The van der Waals surface area contributed by atoms with Crippen LogP contribution in [0.2, 0.25) is 0 Å². The van der Waals surface area contributed by atoms with Crippen LogP contribution in [0.25, 0.3) is 0 Å². The van der Waals surface area contributed by atoms with Gasteiger partial charge in [-0.15, -0.1) is 0 Å². The van der Waals surface area contributed by atoms with Crippen LogP contribution in [0.15, 0.2) is 12.1 Å². The number of nitrogens with one attached hydrogen (secondary N) is 1. The van der Waals surface area contributed by atoms with Crippen LogP contribution in [0.5, 0.6) is 0 Å². The molecule has 118 valence electrons. The van der Waals surface area contributed by atoms with Gasteiger partial charge in [0.25, 0.3) is 0 Å². The molecule has 0 aliphatic heterocycles. The highest BCUT2D eigenvalue weighted by molar-refractivity contribution is 5.37. The topological polar surface area (TPSA) is 55.2 Å². The van der Waals surface area contributed by atoms with Crippen LogP contribution in [-0.4, -0.2) is 11.5 Å². The number of hydrogen-bond acceptors (Lipinski definition) is 3. The zero-order valence-corrected chi connectivity index (χ0v) is 12.3. The van der Waals surface area contributed by atoms with Crippen molar-refractivity contribution in [1.29, 1.82) is 0 Å². The fourth-order valence-electron chi connectivity index (χ4n) is 2.11. The number of nitro groups is 1. The number of halogens is 2. The van der Waals surface area contributed by atoms with Gasteiger partial charge in [0, 0.05) is 24.2 Å². The number of nitro benzene ring substituents is 1. The molecule has 1 N–H and O–H groups in total. The molecule has 0 atom stereocenters. The molecule has 21 heavy (non-hydrogen) atoms. The van der Waals surface area contributed by atoms with E-state index in [-0.39, 0.29) is 12.1 Å². The zero-order chi connectivity index (χ0) is 15.7. The number of rotatable bonds is 10. The van der Waals surface area contributed by atoms with E-state index in [1.807, 2.05) is 0 Å². The van der Waals surface area contributed by atoms with E-state index in [1.54, 1.807) is 0 Å². The van der Waals surface area contributed by atoms with E-state index in [0.717, 1.165) is 25.5 Å². The Bertz CT molecular complexity index is 467. The van der Waals surface area contributed by atoms with Gasteiger partial charge in [0.05, 0.1) is 4.92 Å². The van der Waals surface area contributed by atoms with E-state index >= 15 is 0 Å². The van der Waals surface area contributed by atoms with Crippen molar-refractivity contribution in [2.45, 2.75) is 52.0 Å². The summed E-state index contributed by atoms with van der Waals surface area (Å²) in [5.41, 5.74) is -0.568. The SMILES string of the molecule is CCCCCCCCNCc1cc([N+](=O)[O-])c(F)cc1F. The molecule has 0 unspecified atom stereocenters. The molecular weight excluding hydrogens is 278 g/mol. The lowest BCUT2D eigenvalue weighted by Crippen LogP contribution is -2.16. The molecule has 0 aliphatic carbocycles. The summed E-state index contributed by atoms with van der Waals surface area (Å²) in [5.74, 6) is -1.90. The van der Waals surface area contributed by atoms with Crippen molar-refractivity contribution in [3.8, 4) is 0 Å². The molecule has 0 bridgehead atoms. The molecule has 0 radical (unpaired) electrons. The van der Waals surface area contributed by atoms with Crippen molar-refractivity contribution in [3.05, 3.63) is 39.4 Å². The minimum absolute atomic E-state index is 0.120. The minimum atomic E-state index is -1.14. The van der Waals surface area contributed by atoms with E-state index in [9.17, 15) is 18.9 Å². The molecule has 0 fully saturated rings. The third-order valence-corrected chi connectivity index (χ3v) is 3.34. The highest BCUT2D eigenvalue weighted by Gasteiger charge is 2.17. The van der Waals surface area contributed by atoms with Gasteiger partial charge < -0.3 is 5.32 Å².